The number of fused-ring (bicyclic) bond motifs is 10. The highest BCUT2D eigenvalue weighted by atomic mass is 16.3. The molecule has 236 valence electrons. The van der Waals surface area contributed by atoms with Gasteiger partial charge in [0.1, 0.15) is 11.2 Å². The van der Waals surface area contributed by atoms with E-state index in [4.69, 9.17) is 9.90 Å². The van der Waals surface area contributed by atoms with Gasteiger partial charge in [-0.2, -0.15) is 0 Å². The summed E-state index contributed by atoms with van der Waals surface area (Å²) < 4.78 is 79.9. The maximum Gasteiger partial charge on any atom is 0.143 e. The van der Waals surface area contributed by atoms with Gasteiger partial charge in [0.25, 0.3) is 0 Å². The molecular weight excluding hydrogens is 617 g/mol. The van der Waals surface area contributed by atoms with Crippen molar-refractivity contribution >= 4 is 75.8 Å². The van der Waals surface area contributed by atoms with Crippen molar-refractivity contribution in [2.75, 3.05) is 0 Å². The van der Waals surface area contributed by atoms with Gasteiger partial charge in [0.15, 0.2) is 0 Å². The van der Waals surface area contributed by atoms with Gasteiger partial charge in [0, 0.05) is 16.2 Å². The lowest BCUT2D eigenvalue weighted by molar-refractivity contribution is 0.672. The summed E-state index contributed by atoms with van der Waals surface area (Å²) in [5.41, 5.74) is 4.83. The number of hydrogen-bond acceptors (Lipinski definition) is 1. The third kappa shape index (κ3) is 4.22. The van der Waals surface area contributed by atoms with E-state index in [1.54, 1.807) is 6.07 Å². The average Bonchev–Trinajstić information content (AvgIpc) is 3.66. The van der Waals surface area contributed by atoms with Gasteiger partial charge >= 0.3 is 0 Å². The van der Waals surface area contributed by atoms with Crippen molar-refractivity contribution in [3.05, 3.63) is 182 Å². The highest BCUT2D eigenvalue weighted by Crippen LogP contribution is 2.46. The molecule has 0 atom stereocenters. The predicted molar refractivity (Wildman–Crippen MR) is 218 cm³/mol. The van der Waals surface area contributed by atoms with Crippen LogP contribution in [0.3, 0.4) is 0 Å². The smallest absolute Gasteiger partial charge is 0.143 e. The summed E-state index contributed by atoms with van der Waals surface area (Å²) in [5, 5.41) is 8.59. The first kappa shape index (κ1) is 21.4. The second-order valence-corrected chi connectivity index (χ2v) is 13.0. The summed E-state index contributed by atoms with van der Waals surface area (Å²) in [5.74, 6) is 0. The van der Waals surface area contributed by atoms with Crippen molar-refractivity contribution < 1.29 is 15.4 Å². The van der Waals surface area contributed by atoms with Crippen molar-refractivity contribution in [2.45, 2.75) is 0 Å². The first-order valence-electron chi connectivity index (χ1n) is 20.9. The third-order valence-electron chi connectivity index (χ3n) is 10.3. The highest BCUT2D eigenvalue weighted by molar-refractivity contribution is 6.23. The van der Waals surface area contributed by atoms with E-state index in [0.717, 1.165) is 54.2 Å². The lowest BCUT2D eigenvalue weighted by Crippen LogP contribution is -1.91. The number of hydrogen-bond donors (Lipinski definition) is 0. The minimum absolute atomic E-state index is 0.169. The molecule has 1 aromatic heterocycles. The Morgan fingerprint density at radius 3 is 1.69 bits per heavy atom. The van der Waals surface area contributed by atoms with Crippen LogP contribution in [-0.4, -0.2) is 0 Å². The Morgan fingerprint density at radius 2 is 0.941 bits per heavy atom. The largest absolute Gasteiger partial charge is 0.455 e. The molecule has 0 saturated heterocycles. The zero-order chi connectivity index (χ0) is 40.4. The molecule has 0 aliphatic heterocycles. The zero-order valence-electron chi connectivity index (χ0n) is 35.1. The van der Waals surface area contributed by atoms with E-state index in [9.17, 15) is 5.48 Å². The van der Waals surface area contributed by atoms with E-state index in [-0.39, 0.29) is 45.7 Å². The third-order valence-corrected chi connectivity index (χ3v) is 10.3. The predicted octanol–water partition coefficient (Wildman–Crippen LogP) is 14.4. The molecule has 51 heavy (non-hydrogen) atoms. The topological polar surface area (TPSA) is 13.1 Å². The quantitative estimate of drug-likeness (QED) is 0.136. The fourth-order valence-electron chi connectivity index (χ4n) is 8.00. The van der Waals surface area contributed by atoms with E-state index in [1.165, 1.54) is 0 Å². The SMILES string of the molecule is [2H]c1c([2H])c([2H])c2c(-c3ccc4oc5c6ccccc6ccc5c4c3)c3c([2H])c([2H])c([2H])c([2H])c3c(-c3cccc(-c4cccc5ccc6ccccc6c45)c3)c2c1[2H]. The average molecular weight is 655 g/mol. The van der Waals surface area contributed by atoms with Gasteiger partial charge in [-0.3, -0.25) is 0 Å². The summed E-state index contributed by atoms with van der Waals surface area (Å²) in [7, 11) is 0. The fraction of sp³-hybridized carbons (Fsp3) is 0. The first-order chi connectivity index (χ1) is 28.6. The van der Waals surface area contributed by atoms with E-state index < -0.39 is 24.2 Å². The Labute approximate surface area is 305 Å². The van der Waals surface area contributed by atoms with Gasteiger partial charge in [-0.1, -0.05) is 158 Å². The molecule has 0 aliphatic carbocycles. The van der Waals surface area contributed by atoms with Crippen LogP contribution in [0.1, 0.15) is 11.0 Å². The van der Waals surface area contributed by atoms with Crippen LogP contribution in [0.5, 0.6) is 0 Å². The normalized spacial score (nSPS) is 14.1. The molecule has 0 radical (unpaired) electrons. The molecule has 0 spiro atoms. The molecule has 0 saturated carbocycles. The van der Waals surface area contributed by atoms with Gasteiger partial charge < -0.3 is 4.42 Å². The summed E-state index contributed by atoms with van der Waals surface area (Å²) >= 11 is 0. The standard InChI is InChI=1S/C50H30O/c1-3-16-37-31(11-1)23-24-33-13-10-22-38(47(33)37)34-14-9-15-35(29-34)48-40-18-5-7-20-42(40)49(43-21-8-6-19-41(43)48)36-26-28-46-45(30-36)44-27-25-32-12-2-4-17-39(32)50(44)51-46/h1-30H/i5D,6D,7D,8D,18D,19D,20D,21D. The molecule has 1 nitrogen and oxygen atoms in total. The second kappa shape index (κ2) is 10.9. The monoisotopic (exact) mass is 654 g/mol. The van der Waals surface area contributed by atoms with Crippen LogP contribution in [0.4, 0.5) is 0 Å². The molecule has 1 heterocycles. The van der Waals surface area contributed by atoms with Crippen LogP contribution >= 0.6 is 0 Å². The van der Waals surface area contributed by atoms with Crippen LogP contribution in [-0.2, 0) is 0 Å². The van der Waals surface area contributed by atoms with Crippen LogP contribution in [0.2, 0.25) is 0 Å². The van der Waals surface area contributed by atoms with Crippen LogP contribution in [0.25, 0.3) is 109 Å². The molecular formula is C50H30O. The Kier molecular flexibility index (Phi) is 4.57. The summed E-state index contributed by atoms with van der Waals surface area (Å²) in [6.45, 7) is 0. The number of furan rings is 1. The lowest BCUT2D eigenvalue weighted by Gasteiger charge is -2.18. The molecule has 11 rings (SSSR count). The van der Waals surface area contributed by atoms with E-state index >= 15 is 0 Å². The maximum atomic E-state index is 9.48. The zero-order valence-corrected chi connectivity index (χ0v) is 27.1. The Hall–Kier alpha value is -6.70. The minimum Gasteiger partial charge on any atom is -0.455 e. The lowest BCUT2D eigenvalue weighted by atomic mass is 9.85. The Balaban J connectivity index is 1.28. The molecule has 0 unspecified atom stereocenters. The Morgan fingerprint density at radius 1 is 0.373 bits per heavy atom. The van der Waals surface area contributed by atoms with Crippen molar-refractivity contribution in [3.63, 3.8) is 0 Å². The molecule has 0 bridgehead atoms. The molecule has 0 fully saturated rings. The first-order valence-corrected chi connectivity index (χ1v) is 16.9. The minimum atomic E-state index is -0.437. The molecule has 10 aromatic carbocycles. The van der Waals surface area contributed by atoms with Crippen molar-refractivity contribution in [3.8, 4) is 33.4 Å². The van der Waals surface area contributed by atoms with Crippen molar-refractivity contribution in [1.82, 2.24) is 0 Å². The second-order valence-electron chi connectivity index (χ2n) is 13.0. The van der Waals surface area contributed by atoms with Gasteiger partial charge in [-0.25, -0.2) is 0 Å². The molecule has 0 amide bonds. The molecule has 1 heteroatoms. The van der Waals surface area contributed by atoms with E-state index in [1.807, 2.05) is 91.0 Å². The molecule has 11 aromatic rings. The summed E-state index contributed by atoms with van der Waals surface area (Å²) in [6.07, 6.45) is 0. The van der Waals surface area contributed by atoms with Gasteiger partial charge in [0.05, 0.1) is 11.0 Å². The van der Waals surface area contributed by atoms with Crippen LogP contribution in [0.15, 0.2) is 186 Å². The van der Waals surface area contributed by atoms with Gasteiger partial charge in [0.2, 0.25) is 0 Å². The summed E-state index contributed by atoms with van der Waals surface area (Å²) in [4.78, 5) is 0. The molecule has 0 N–H and O–H groups in total. The van der Waals surface area contributed by atoms with Gasteiger partial charge in [-0.15, -0.1) is 0 Å². The Bertz CT molecular complexity index is 3580. The van der Waals surface area contributed by atoms with E-state index in [2.05, 4.69) is 36.4 Å². The van der Waals surface area contributed by atoms with Crippen LogP contribution < -0.4 is 0 Å². The summed E-state index contributed by atoms with van der Waals surface area (Å²) in [6, 6.07) is 40.8. The van der Waals surface area contributed by atoms with Crippen molar-refractivity contribution in [1.29, 1.82) is 0 Å². The number of rotatable bonds is 3. The van der Waals surface area contributed by atoms with Gasteiger partial charge in [-0.05, 0) is 106 Å². The van der Waals surface area contributed by atoms with Crippen LogP contribution in [0, 0.1) is 0 Å². The highest BCUT2D eigenvalue weighted by Gasteiger charge is 2.19. The van der Waals surface area contributed by atoms with E-state index in [0.29, 0.717) is 33.4 Å². The molecule has 0 aliphatic rings. The van der Waals surface area contributed by atoms with Crippen molar-refractivity contribution in [2.24, 2.45) is 0 Å². The number of benzene rings is 10. The fourth-order valence-corrected chi connectivity index (χ4v) is 8.00. The maximum absolute atomic E-state index is 9.48.